The number of aliphatic imine (C=N–C) groups is 2. The highest BCUT2D eigenvalue weighted by Gasteiger charge is 2.07. The number of rotatable bonds is 4. The molecule has 0 atom stereocenters. The Balaban J connectivity index is 1.90. The number of H-pyrrole nitrogens is 4. The molecule has 0 aliphatic carbocycles. The summed E-state index contributed by atoms with van der Waals surface area (Å²) in [6.07, 6.45) is 2.00. The molecule has 0 bridgehead atoms. The number of nitrogens with zero attached hydrogens (tertiary/aromatic N) is 3. The molecule has 0 aromatic carbocycles. The number of aromatic amines is 4. The van der Waals surface area contributed by atoms with Crippen LogP contribution in [0.15, 0.2) is 47.4 Å². The highest BCUT2D eigenvalue weighted by molar-refractivity contribution is 5.84. The van der Waals surface area contributed by atoms with Gasteiger partial charge in [0.15, 0.2) is 11.6 Å². The number of aromatic nitrogens is 5. The fourth-order valence-corrected chi connectivity index (χ4v) is 2.03. The van der Waals surface area contributed by atoms with Gasteiger partial charge in [0.1, 0.15) is 11.1 Å². The van der Waals surface area contributed by atoms with E-state index in [9.17, 15) is 29.4 Å². The lowest BCUT2D eigenvalue weighted by Crippen LogP contribution is -2.24. The van der Waals surface area contributed by atoms with Crippen LogP contribution in [0, 0.1) is 0 Å². The SMILES string of the molecule is O=c1[nH]c(O)c(C=Nc2cccc(/N=C/c3c(O)[nH]c(=O)[nH]c3=O)n2)c(=O)[nH]1. The molecule has 28 heavy (non-hydrogen) atoms. The van der Waals surface area contributed by atoms with E-state index in [1.807, 2.05) is 19.9 Å². The van der Waals surface area contributed by atoms with Crippen LogP contribution in [0.3, 0.4) is 0 Å². The van der Waals surface area contributed by atoms with Crippen molar-refractivity contribution in [2.45, 2.75) is 0 Å². The molecular formula is C15H11N7O6. The lowest BCUT2D eigenvalue weighted by atomic mass is 10.3. The first-order chi connectivity index (χ1) is 13.3. The van der Waals surface area contributed by atoms with Crippen LogP contribution in [0.4, 0.5) is 11.6 Å². The van der Waals surface area contributed by atoms with Crippen molar-refractivity contribution in [3.05, 3.63) is 71.0 Å². The van der Waals surface area contributed by atoms with Crippen LogP contribution >= 0.6 is 0 Å². The Bertz CT molecular complexity index is 1230. The lowest BCUT2D eigenvalue weighted by molar-refractivity contribution is 0.447. The van der Waals surface area contributed by atoms with E-state index in [0.29, 0.717) is 0 Å². The van der Waals surface area contributed by atoms with Gasteiger partial charge in [-0.3, -0.25) is 29.5 Å². The van der Waals surface area contributed by atoms with E-state index in [4.69, 9.17) is 0 Å². The van der Waals surface area contributed by atoms with E-state index in [1.54, 1.807) is 0 Å². The van der Waals surface area contributed by atoms with Crippen molar-refractivity contribution in [2.75, 3.05) is 0 Å². The quantitative estimate of drug-likeness (QED) is 0.300. The van der Waals surface area contributed by atoms with Crippen molar-refractivity contribution in [1.29, 1.82) is 0 Å². The van der Waals surface area contributed by atoms with Gasteiger partial charge < -0.3 is 10.2 Å². The third-order valence-corrected chi connectivity index (χ3v) is 3.29. The van der Waals surface area contributed by atoms with E-state index < -0.39 is 34.3 Å². The van der Waals surface area contributed by atoms with Crippen molar-refractivity contribution in [1.82, 2.24) is 24.9 Å². The largest absolute Gasteiger partial charge is 0.494 e. The fourth-order valence-electron chi connectivity index (χ4n) is 2.03. The van der Waals surface area contributed by atoms with Crippen molar-refractivity contribution < 1.29 is 10.2 Å². The summed E-state index contributed by atoms with van der Waals surface area (Å²) in [6, 6.07) is 4.47. The Kier molecular flexibility index (Phi) is 4.80. The van der Waals surface area contributed by atoms with Gasteiger partial charge >= 0.3 is 11.4 Å². The molecule has 3 aromatic rings. The predicted molar refractivity (Wildman–Crippen MR) is 97.4 cm³/mol. The van der Waals surface area contributed by atoms with Crippen LogP contribution in [-0.4, -0.2) is 47.6 Å². The molecule has 0 radical (unpaired) electrons. The summed E-state index contributed by atoms with van der Waals surface area (Å²) < 4.78 is 0. The van der Waals surface area contributed by atoms with Crippen molar-refractivity contribution in [2.24, 2.45) is 9.98 Å². The van der Waals surface area contributed by atoms with Crippen LogP contribution in [0.5, 0.6) is 11.8 Å². The van der Waals surface area contributed by atoms with E-state index in [1.165, 1.54) is 18.2 Å². The molecule has 3 aromatic heterocycles. The molecule has 0 spiro atoms. The summed E-state index contributed by atoms with van der Waals surface area (Å²) in [5.74, 6) is -1.11. The summed E-state index contributed by atoms with van der Waals surface area (Å²) in [7, 11) is 0. The molecule has 0 fully saturated rings. The maximum absolute atomic E-state index is 11.6. The highest BCUT2D eigenvalue weighted by Crippen LogP contribution is 2.15. The highest BCUT2D eigenvalue weighted by atomic mass is 16.3. The zero-order valence-electron chi connectivity index (χ0n) is 13.8. The Morgan fingerprint density at radius 3 is 1.57 bits per heavy atom. The molecule has 13 heteroatoms. The molecule has 6 N–H and O–H groups in total. The first kappa shape index (κ1) is 18.2. The van der Waals surface area contributed by atoms with Gasteiger partial charge in [-0.25, -0.2) is 24.6 Å². The van der Waals surface area contributed by atoms with Crippen LogP contribution in [0.25, 0.3) is 0 Å². The molecule has 3 heterocycles. The van der Waals surface area contributed by atoms with Gasteiger partial charge in [-0.15, -0.1) is 0 Å². The Morgan fingerprint density at radius 2 is 1.18 bits per heavy atom. The van der Waals surface area contributed by atoms with Crippen LogP contribution in [0.1, 0.15) is 11.1 Å². The van der Waals surface area contributed by atoms with Gasteiger partial charge in [0, 0.05) is 12.4 Å². The van der Waals surface area contributed by atoms with Crippen molar-refractivity contribution >= 4 is 24.1 Å². The number of nitrogens with one attached hydrogen (secondary N) is 4. The minimum atomic E-state index is -0.866. The summed E-state index contributed by atoms with van der Waals surface area (Å²) in [6.45, 7) is 0. The second-order valence-corrected chi connectivity index (χ2v) is 5.21. The maximum Gasteiger partial charge on any atom is 0.328 e. The van der Waals surface area contributed by atoms with Gasteiger partial charge in [0.05, 0.1) is 0 Å². The van der Waals surface area contributed by atoms with Crippen LogP contribution in [0.2, 0.25) is 0 Å². The topological polar surface area (TPSA) is 210 Å². The molecule has 0 aliphatic rings. The first-order valence-corrected chi connectivity index (χ1v) is 7.50. The fraction of sp³-hybridized carbons (Fsp3) is 0. The Labute approximate surface area is 152 Å². The van der Waals surface area contributed by atoms with Gasteiger partial charge in [-0.1, -0.05) is 6.07 Å². The minimum absolute atomic E-state index is 0.0965. The number of hydrogen-bond donors (Lipinski definition) is 6. The summed E-state index contributed by atoms with van der Waals surface area (Å²) in [5.41, 5.74) is -3.97. The summed E-state index contributed by atoms with van der Waals surface area (Å²) >= 11 is 0. The third-order valence-electron chi connectivity index (χ3n) is 3.29. The zero-order valence-corrected chi connectivity index (χ0v) is 13.8. The second-order valence-electron chi connectivity index (χ2n) is 5.21. The zero-order chi connectivity index (χ0) is 20.3. The maximum atomic E-state index is 11.6. The van der Waals surface area contributed by atoms with Crippen LogP contribution < -0.4 is 22.5 Å². The number of hydrogen-bond acceptors (Lipinski definition) is 9. The molecular weight excluding hydrogens is 374 g/mol. The van der Waals surface area contributed by atoms with Crippen LogP contribution in [-0.2, 0) is 0 Å². The average Bonchev–Trinajstić information content (AvgIpc) is 2.60. The van der Waals surface area contributed by atoms with E-state index in [-0.39, 0.29) is 22.8 Å². The van der Waals surface area contributed by atoms with E-state index in [2.05, 4.69) is 15.0 Å². The third kappa shape index (κ3) is 3.98. The normalized spacial score (nSPS) is 11.4. The van der Waals surface area contributed by atoms with Crippen molar-refractivity contribution in [3.8, 4) is 11.8 Å². The van der Waals surface area contributed by atoms with Gasteiger partial charge in [0.25, 0.3) is 11.1 Å². The summed E-state index contributed by atoms with van der Waals surface area (Å²) in [5, 5.41) is 19.2. The molecule has 0 aliphatic heterocycles. The van der Waals surface area contributed by atoms with Gasteiger partial charge in [-0.2, -0.15) is 0 Å². The molecule has 0 amide bonds. The lowest BCUT2D eigenvalue weighted by Gasteiger charge is -1.98. The molecule has 3 rings (SSSR count). The number of pyridine rings is 1. The molecule has 13 nitrogen and oxygen atoms in total. The van der Waals surface area contributed by atoms with E-state index >= 15 is 0 Å². The minimum Gasteiger partial charge on any atom is -0.494 e. The molecule has 0 unspecified atom stereocenters. The smallest absolute Gasteiger partial charge is 0.328 e. The molecule has 142 valence electrons. The van der Waals surface area contributed by atoms with Gasteiger partial charge in [0.2, 0.25) is 11.8 Å². The van der Waals surface area contributed by atoms with E-state index in [0.717, 1.165) is 12.4 Å². The second kappa shape index (κ2) is 7.36. The monoisotopic (exact) mass is 385 g/mol. The molecule has 0 saturated heterocycles. The Morgan fingerprint density at radius 1 is 0.750 bits per heavy atom. The summed E-state index contributed by atoms with van der Waals surface area (Å²) in [4.78, 5) is 65.1. The standard InChI is InChI=1S/C15H11N7O6/c23-10-6(11(24)20-14(27)19-10)4-16-8-2-1-3-9(18-8)17-5-7-12(25)21-15(28)22-13(7)26/h1-5H,(H3,19,20,23,24,27)(H3,21,22,25,26,28)/b16-4+,17-5?. The average molecular weight is 385 g/mol. The Hall–Kier alpha value is -4.55. The predicted octanol–water partition coefficient (Wildman–Crippen LogP) is -1.25. The first-order valence-electron chi connectivity index (χ1n) is 7.50. The van der Waals surface area contributed by atoms with Gasteiger partial charge in [-0.05, 0) is 12.1 Å². The number of aromatic hydroxyl groups is 2. The molecule has 0 saturated carbocycles. The van der Waals surface area contributed by atoms with Crippen molar-refractivity contribution in [3.63, 3.8) is 0 Å².